The lowest BCUT2D eigenvalue weighted by Crippen LogP contribution is -2.11. The lowest BCUT2D eigenvalue weighted by atomic mass is 10.8. The standard InChI is InChI=1S/C4H9N3O2S/c1-2-7-3(5)10-4(6)9-8/h6,8H,2H2,1H3,(H2,5,7). The van der Waals surface area contributed by atoms with Crippen molar-refractivity contribution in [3.05, 3.63) is 0 Å². The molecule has 0 aliphatic rings. The Morgan fingerprint density at radius 1 is 1.90 bits per heavy atom. The molecule has 6 heteroatoms. The molecule has 0 fully saturated rings. The Kier molecular flexibility index (Phi) is 4.69. The first-order valence-corrected chi connectivity index (χ1v) is 3.40. The Bertz CT molecular complexity index is 147. The maximum atomic E-state index is 7.90. The summed E-state index contributed by atoms with van der Waals surface area (Å²) >= 11 is 0.763. The van der Waals surface area contributed by atoms with Crippen molar-refractivity contribution >= 4 is 22.2 Å². The van der Waals surface area contributed by atoms with E-state index in [2.05, 4.69) is 9.88 Å². The van der Waals surface area contributed by atoms with Crippen molar-refractivity contribution in [2.45, 2.75) is 6.92 Å². The minimum Gasteiger partial charge on any atom is -0.378 e. The topological polar surface area (TPSA) is 91.7 Å². The summed E-state index contributed by atoms with van der Waals surface area (Å²) in [5, 5.41) is 14.5. The number of nitrogens with one attached hydrogen (secondary N) is 1. The van der Waals surface area contributed by atoms with Crippen LogP contribution < -0.4 is 5.73 Å². The Hall–Kier alpha value is -0.750. The van der Waals surface area contributed by atoms with Crippen molar-refractivity contribution < 1.29 is 10.1 Å². The molecule has 0 aromatic heterocycles. The van der Waals surface area contributed by atoms with Crippen LogP contribution in [0.4, 0.5) is 0 Å². The first kappa shape index (κ1) is 9.25. The van der Waals surface area contributed by atoms with Gasteiger partial charge in [-0.1, -0.05) is 0 Å². The lowest BCUT2D eigenvalue weighted by Gasteiger charge is -1.96. The molecule has 0 saturated heterocycles. The van der Waals surface area contributed by atoms with Crippen LogP contribution in [0.2, 0.25) is 0 Å². The van der Waals surface area contributed by atoms with Gasteiger partial charge in [-0.2, -0.15) is 0 Å². The van der Waals surface area contributed by atoms with Gasteiger partial charge in [0.05, 0.1) is 0 Å². The van der Waals surface area contributed by atoms with Crippen LogP contribution in [-0.2, 0) is 4.89 Å². The van der Waals surface area contributed by atoms with E-state index < -0.39 is 0 Å². The number of rotatable bonds is 1. The molecule has 0 rings (SSSR count). The predicted molar refractivity (Wildman–Crippen MR) is 41.2 cm³/mol. The normalized spacial score (nSPS) is 11.2. The summed E-state index contributed by atoms with van der Waals surface area (Å²) in [4.78, 5) is 7.29. The zero-order valence-electron chi connectivity index (χ0n) is 5.50. The fourth-order valence-corrected chi connectivity index (χ4v) is 0.723. The number of amidine groups is 1. The average Bonchev–Trinajstić information content (AvgIpc) is 1.88. The molecule has 0 aliphatic heterocycles. The minimum absolute atomic E-state index is 0.210. The van der Waals surface area contributed by atoms with Crippen LogP contribution in [0.15, 0.2) is 4.99 Å². The molecule has 0 amide bonds. The highest BCUT2D eigenvalue weighted by Crippen LogP contribution is 2.01. The zero-order chi connectivity index (χ0) is 7.98. The number of nitrogens with zero attached hydrogens (tertiary/aromatic N) is 1. The minimum atomic E-state index is -0.380. The molecule has 0 heterocycles. The summed E-state index contributed by atoms with van der Waals surface area (Å²) in [6, 6.07) is 0. The number of thioether (sulfide) groups is 1. The SMILES string of the molecule is CCN=C(N)SC(=N)OO. The van der Waals surface area contributed by atoms with Gasteiger partial charge in [0.2, 0.25) is 0 Å². The molecule has 4 N–H and O–H groups in total. The van der Waals surface area contributed by atoms with Gasteiger partial charge in [-0.15, -0.1) is 0 Å². The summed E-state index contributed by atoms with van der Waals surface area (Å²) in [7, 11) is 0. The van der Waals surface area contributed by atoms with Gasteiger partial charge >= 0.3 is 0 Å². The van der Waals surface area contributed by atoms with E-state index in [0.717, 1.165) is 11.8 Å². The average molecular weight is 163 g/mol. The highest BCUT2D eigenvalue weighted by atomic mass is 32.2. The van der Waals surface area contributed by atoms with Gasteiger partial charge < -0.3 is 10.6 Å². The second-order valence-corrected chi connectivity index (χ2v) is 2.29. The summed E-state index contributed by atoms with van der Waals surface area (Å²) in [6.45, 7) is 2.37. The molecule has 0 spiro atoms. The van der Waals surface area contributed by atoms with Gasteiger partial charge in [-0.25, -0.2) is 5.26 Å². The summed E-state index contributed by atoms with van der Waals surface area (Å²) in [6.07, 6.45) is 0. The van der Waals surface area contributed by atoms with E-state index in [1.807, 2.05) is 6.92 Å². The van der Waals surface area contributed by atoms with E-state index >= 15 is 0 Å². The van der Waals surface area contributed by atoms with E-state index in [9.17, 15) is 0 Å². The van der Waals surface area contributed by atoms with E-state index in [1.54, 1.807) is 0 Å². The Morgan fingerprint density at radius 3 is 2.90 bits per heavy atom. The van der Waals surface area contributed by atoms with E-state index in [4.69, 9.17) is 16.4 Å². The third kappa shape index (κ3) is 4.16. The smallest absolute Gasteiger partial charge is 0.291 e. The second-order valence-electron chi connectivity index (χ2n) is 1.29. The van der Waals surface area contributed by atoms with E-state index in [0.29, 0.717) is 6.54 Å². The number of nitrogens with two attached hydrogens (primary N) is 1. The van der Waals surface area contributed by atoms with Crippen LogP contribution in [0.5, 0.6) is 0 Å². The van der Waals surface area contributed by atoms with Gasteiger partial charge in [0.1, 0.15) is 0 Å². The Balaban J connectivity index is 3.67. The zero-order valence-corrected chi connectivity index (χ0v) is 6.31. The highest BCUT2D eigenvalue weighted by molar-refractivity contribution is 8.26. The number of hydrogen-bond donors (Lipinski definition) is 3. The fourth-order valence-electron chi connectivity index (χ4n) is 0.302. The van der Waals surface area contributed by atoms with E-state index in [1.165, 1.54) is 0 Å². The summed E-state index contributed by atoms with van der Waals surface area (Å²) in [5.74, 6) is 0. The first-order chi connectivity index (χ1) is 4.70. The van der Waals surface area contributed by atoms with Gasteiger partial charge in [-0.05, 0) is 6.92 Å². The monoisotopic (exact) mass is 163 g/mol. The lowest BCUT2D eigenvalue weighted by molar-refractivity contribution is -0.151. The molecule has 0 aromatic carbocycles. The fraction of sp³-hybridized carbons (Fsp3) is 0.500. The molecule has 0 aromatic rings. The molecule has 58 valence electrons. The highest BCUT2D eigenvalue weighted by Gasteiger charge is 2.00. The second kappa shape index (κ2) is 5.07. The molecule has 10 heavy (non-hydrogen) atoms. The van der Waals surface area contributed by atoms with Crippen LogP contribution in [0, 0.1) is 5.41 Å². The van der Waals surface area contributed by atoms with Crippen LogP contribution in [-0.4, -0.2) is 22.2 Å². The van der Waals surface area contributed by atoms with Gasteiger partial charge in [0.25, 0.3) is 5.23 Å². The van der Waals surface area contributed by atoms with Crippen molar-refractivity contribution in [1.29, 1.82) is 5.41 Å². The third-order valence-corrected chi connectivity index (χ3v) is 1.19. The Morgan fingerprint density at radius 2 is 2.50 bits per heavy atom. The third-order valence-electron chi connectivity index (χ3n) is 0.594. The molecule has 0 unspecified atom stereocenters. The largest absolute Gasteiger partial charge is 0.378 e. The van der Waals surface area contributed by atoms with Crippen LogP contribution in [0.3, 0.4) is 0 Å². The van der Waals surface area contributed by atoms with Crippen molar-refractivity contribution in [3.8, 4) is 0 Å². The van der Waals surface area contributed by atoms with Crippen LogP contribution >= 0.6 is 11.8 Å². The number of aliphatic imine (C=N–C) groups is 1. The molecule has 0 bridgehead atoms. The Labute approximate surface area is 62.7 Å². The molecule has 0 atom stereocenters. The predicted octanol–water partition coefficient (Wildman–Crippen LogP) is 0.479. The van der Waals surface area contributed by atoms with Crippen LogP contribution in [0.25, 0.3) is 0 Å². The molecule has 0 aliphatic carbocycles. The van der Waals surface area contributed by atoms with Gasteiger partial charge in [0.15, 0.2) is 5.17 Å². The molecular formula is C4H9N3O2S. The summed E-state index contributed by atoms with van der Waals surface area (Å²) < 4.78 is 0. The van der Waals surface area contributed by atoms with Crippen molar-refractivity contribution in [1.82, 2.24) is 0 Å². The maximum Gasteiger partial charge on any atom is 0.291 e. The summed E-state index contributed by atoms with van der Waals surface area (Å²) in [5.41, 5.74) is 5.24. The molecular weight excluding hydrogens is 154 g/mol. The quantitative estimate of drug-likeness (QED) is 0.227. The maximum absolute atomic E-state index is 7.90. The van der Waals surface area contributed by atoms with Crippen molar-refractivity contribution in [3.63, 3.8) is 0 Å². The van der Waals surface area contributed by atoms with Gasteiger partial charge in [0, 0.05) is 18.3 Å². The van der Waals surface area contributed by atoms with Crippen molar-refractivity contribution in [2.75, 3.05) is 6.54 Å². The first-order valence-electron chi connectivity index (χ1n) is 2.58. The van der Waals surface area contributed by atoms with Crippen LogP contribution in [0.1, 0.15) is 6.92 Å². The molecule has 0 radical (unpaired) electrons. The number of hydrogen-bond acceptors (Lipinski definition) is 5. The van der Waals surface area contributed by atoms with E-state index in [-0.39, 0.29) is 10.4 Å². The molecule has 5 nitrogen and oxygen atoms in total. The molecule has 0 saturated carbocycles. The van der Waals surface area contributed by atoms with Crippen molar-refractivity contribution in [2.24, 2.45) is 10.7 Å². The van der Waals surface area contributed by atoms with Gasteiger partial charge in [-0.3, -0.25) is 10.4 Å².